The van der Waals surface area contributed by atoms with Crippen molar-refractivity contribution in [2.75, 3.05) is 11.5 Å². The number of aliphatic hydroxyl groups is 1. The summed E-state index contributed by atoms with van der Waals surface area (Å²) >= 11 is 19.8. The van der Waals surface area contributed by atoms with Crippen molar-refractivity contribution in [3.05, 3.63) is 92.4 Å². The highest BCUT2D eigenvalue weighted by molar-refractivity contribution is 7.22. The molecule has 2 heterocycles. The Kier molecular flexibility index (Phi) is 6.66. The molecule has 0 bridgehead atoms. The molecule has 0 aliphatic carbocycles. The summed E-state index contributed by atoms with van der Waals surface area (Å²) in [6.45, 7) is 2.27. The average molecular weight is 560 g/mol. The van der Waals surface area contributed by atoms with Crippen molar-refractivity contribution < 1.29 is 19.4 Å². The quantitative estimate of drug-likeness (QED) is 0.158. The van der Waals surface area contributed by atoms with Crippen molar-refractivity contribution >= 4 is 78.9 Å². The number of aromatic nitrogens is 1. The van der Waals surface area contributed by atoms with Crippen molar-refractivity contribution in [3.63, 3.8) is 0 Å². The molecule has 1 aliphatic rings. The van der Waals surface area contributed by atoms with Gasteiger partial charge in [0.25, 0.3) is 5.78 Å². The van der Waals surface area contributed by atoms with Gasteiger partial charge < -0.3 is 9.84 Å². The van der Waals surface area contributed by atoms with Crippen LogP contribution in [-0.2, 0) is 9.59 Å². The maximum Gasteiger partial charge on any atom is 0.301 e. The number of thiazole rings is 1. The maximum atomic E-state index is 13.4. The molecular formula is C26H17Cl3N2O4S. The fourth-order valence-corrected chi connectivity index (χ4v) is 5.65. The van der Waals surface area contributed by atoms with Crippen LogP contribution >= 0.6 is 46.1 Å². The summed E-state index contributed by atoms with van der Waals surface area (Å²) in [5.74, 6) is -1.48. The van der Waals surface area contributed by atoms with E-state index in [0.717, 1.165) is 4.70 Å². The van der Waals surface area contributed by atoms with Gasteiger partial charge >= 0.3 is 5.91 Å². The van der Waals surface area contributed by atoms with Crippen LogP contribution in [0.15, 0.2) is 66.2 Å². The van der Waals surface area contributed by atoms with E-state index in [2.05, 4.69) is 4.98 Å². The van der Waals surface area contributed by atoms with E-state index in [9.17, 15) is 14.7 Å². The van der Waals surface area contributed by atoms with Gasteiger partial charge in [0.2, 0.25) is 0 Å². The molecule has 182 valence electrons. The summed E-state index contributed by atoms with van der Waals surface area (Å²) < 4.78 is 6.28. The highest BCUT2D eigenvalue weighted by Gasteiger charge is 2.48. The standard InChI is InChI=1S/C26H17Cl3N2O4S/c1-2-35-16-5-3-4-14(10-16)23(32)21-22(13-6-8-17(28)18(29)11-13)31(25(34)24(21)33)26-30-19-9-7-15(27)12-20(19)36-26/h3-12,22,32H,2H2,1H3/b23-21+. The van der Waals surface area contributed by atoms with E-state index in [1.54, 1.807) is 60.7 Å². The molecule has 1 amide bonds. The number of ketones is 1. The summed E-state index contributed by atoms with van der Waals surface area (Å²) in [5, 5.41) is 12.7. The molecule has 0 radical (unpaired) electrons. The second-order valence-corrected chi connectivity index (χ2v) is 10.2. The minimum absolute atomic E-state index is 0.0932. The second kappa shape index (κ2) is 9.75. The number of amides is 1. The Bertz CT molecular complexity index is 1570. The van der Waals surface area contributed by atoms with E-state index in [-0.39, 0.29) is 21.5 Å². The molecule has 1 atom stereocenters. The van der Waals surface area contributed by atoms with E-state index in [4.69, 9.17) is 39.5 Å². The normalized spacial score (nSPS) is 17.2. The Morgan fingerprint density at radius 2 is 1.86 bits per heavy atom. The van der Waals surface area contributed by atoms with Crippen molar-refractivity contribution in [2.45, 2.75) is 13.0 Å². The van der Waals surface area contributed by atoms with Crippen LogP contribution in [0.25, 0.3) is 16.0 Å². The minimum atomic E-state index is -0.994. The average Bonchev–Trinajstić information content (AvgIpc) is 3.38. The van der Waals surface area contributed by atoms with Crippen molar-refractivity contribution in [2.24, 2.45) is 0 Å². The summed E-state index contributed by atoms with van der Waals surface area (Å²) in [4.78, 5) is 32.6. The largest absolute Gasteiger partial charge is 0.507 e. The highest BCUT2D eigenvalue weighted by atomic mass is 35.5. The predicted molar refractivity (Wildman–Crippen MR) is 143 cm³/mol. The molecule has 36 heavy (non-hydrogen) atoms. The first-order valence-electron chi connectivity index (χ1n) is 10.8. The first-order valence-corrected chi connectivity index (χ1v) is 12.8. The Morgan fingerprint density at radius 3 is 2.61 bits per heavy atom. The predicted octanol–water partition coefficient (Wildman–Crippen LogP) is 7.28. The third-order valence-electron chi connectivity index (χ3n) is 5.67. The number of ether oxygens (including phenoxy) is 1. The number of Topliss-reactive ketones (excluding diaryl/α,β-unsaturated/α-hetero) is 1. The van der Waals surface area contributed by atoms with Crippen LogP contribution in [0, 0.1) is 0 Å². The van der Waals surface area contributed by atoms with Crippen LogP contribution in [0.2, 0.25) is 15.1 Å². The number of hydrogen-bond acceptors (Lipinski definition) is 6. The van der Waals surface area contributed by atoms with Crippen LogP contribution in [0.1, 0.15) is 24.1 Å². The number of nitrogens with zero attached hydrogens (tertiary/aromatic N) is 2. The smallest absolute Gasteiger partial charge is 0.301 e. The van der Waals surface area contributed by atoms with Crippen molar-refractivity contribution in [1.82, 2.24) is 4.98 Å². The SMILES string of the molecule is CCOc1cccc(/C(O)=C2\C(=O)C(=O)N(c3nc4ccc(Cl)cc4s3)C2c2ccc(Cl)c(Cl)c2)c1. The second-order valence-electron chi connectivity index (χ2n) is 7.91. The molecule has 10 heteroatoms. The van der Waals surface area contributed by atoms with Gasteiger partial charge in [0.15, 0.2) is 5.13 Å². The van der Waals surface area contributed by atoms with E-state index in [1.165, 1.54) is 16.2 Å². The number of hydrogen-bond donors (Lipinski definition) is 1. The molecule has 1 N–H and O–H groups in total. The number of carbonyl (C=O) groups is 2. The molecule has 0 spiro atoms. The van der Waals surface area contributed by atoms with E-state index in [1.807, 2.05) is 6.92 Å². The number of rotatable bonds is 5. The summed E-state index contributed by atoms with van der Waals surface area (Å²) in [5.41, 5.74) is 1.35. The topological polar surface area (TPSA) is 79.7 Å². The number of anilines is 1. The monoisotopic (exact) mass is 558 g/mol. The van der Waals surface area contributed by atoms with Crippen molar-refractivity contribution in [1.29, 1.82) is 0 Å². The van der Waals surface area contributed by atoms with Gasteiger partial charge in [-0.1, -0.05) is 64.3 Å². The summed E-state index contributed by atoms with van der Waals surface area (Å²) in [7, 11) is 0. The zero-order valence-electron chi connectivity index (χ0n) is 18.7. The maximum absolute atomic E-state index is 13.4. The molecule has 1 saturated heterocycles. The molecule has 1 fully saturated rings. The fraction of sp³-hybridized carbons (Fsp3) is 0.115. The molecule has 1 aliphatic heterocycles. The van der Waals surface area contributed by atoms with Crippen LogP contribution in [-0.4, -0.2) is 28.4 Å². The molecule has 3 aromatic carbocycles. The number of halogens is 3. The van der Waals surface area contributed by atoms with Gasteiger partial charge in [0.05, 0.1) is 38.5 Å². The van der Waals surface area contributed by atoms with E-state index in [0.29, 0.717) is 39.0 Å². The van der Waals surface area contributed by atoms with Gasteiger partial charge in [-0.3, -0.25) is 14.5 Å². The first kappa shape index (κ1) is 24.6. The molecule has 0 saturated carbocycles. The van der Waals surface area contributed by atoms with Crippen LogP contribution in [0.5, 0.6) is 5.75 Å². The summed E-state index contributed by atoms with van der Waals surface area (Å²) in [6, 6.07) is 15.7. The van der Waals surface area contributed by atoms with E-state index < -0.39 is 17.7 Å². The zero-order valence-corrected chi connectivity index (χ0v) is 21.8. The molecule has 4 aromatic rings. The lowest BCUT2D eigenvalue weighted by molar-refractivity contribution is -0.132. The van der Waals surface area contributed by atoms with E-state index >= 15 is 0 Å². The van der Waals surface area contributed by atoms with Crippen molar-refractivity contribution in [3.8, 4) is 5.75 Å². The number of fused-ring (bicyclic) bond motifs is 1. The Morgan fingerprint density at radius 1 is 1.06 bits per heavy atom. The van der Waals surface area contributed by atoms with Gasteiger partial charge in [0.1, 0.15) is 11.5 Å². The van der Waals surface area contributed by atoms with Gasteiger partial charge in [0, 0.05) is 10.6 Å². The molecular weight excluding hydrogens is 543 g/mol. The first-order chi connectivity index (χ1) is 17.3. The molecule has 5 rings (SSSR count). The van der Waals surface area contributed by atoms with Crippen LogP contribution in [0.3, 0.4) is 0 Å². The number of carbonyl (C=O) groups excluding carboxylic acids is 2. The fourth-order valence-electron chi connectivity index (χ4n) is 4.07. The molecule has 1 unspecified atom stereocenters. The van der Waals surface area contributed by atoms with Gasteiger partial charge in [-0.15, -0.1) is 0 Å². The number of aliphatic hydroxyl groups excluding tert-OH is 1. The Balaban J connectivity index is 1.73. The zero-order chi connectivity index (χ0) is 25.6. The highest BCUT2D eigenvalue weighted by Crippen LogP contribution is 2.45. The lowest BCUT2D eigenvalue weighted by Gasteiger charge is -2.23. The van der Waals surface area contributed by atoms with Crippen LogP contribution in [0.4, 0.5) is 5.13 Å². The Hall–Kier alpha value is -3.10. The lowest BCUT2D eigenvalue weighted by Crippen LogP contribution is -2.29. The molecule has 1 aromatic heterocycles. The van der Waals surface area contributed by atoms with Gasteiger partial charge in [-0.2, -0.15) is 0 Å². The van der Waals surface area contributed by atoms with Gasteiger partial charge in [-0.05, 0) is 55.0 Å². The molecule has 6 nitrogen and oxygen atoms in total. The number of benzene rings is 3. The third kappa shape index (κ3) is 4.33. The van der Waals surface area contributed by atoms with Crippen LogP contribution < -0.4 is 9.64 Å². The lowest BCUT2D eigenvalue weighted by atomic mass is 9.95. The summed E-state index contributed by atoms with van der Waals surface area (Å²) in [6.07, 6.45) is 0. The minimum Gasteiger partial charge on any atom is -0.507 e. The third-order valence-corrected chi connectivity index (χ3v) is 7.66. The Labute approximate surface area is 225 Å². The van der Waals surface area contributed by atoms with Gasteiger partial charge in [-0.25, -0.2) is 4.98 Å².